The maximum Gasteiger partial charge on any atom is 0.315 e. The molecule has 1 atom stereocenters. The van der Waals surface area contributed by atoms with E-state index in [-0.39, 0.29) is 23.7 Å². The number of aliphatic hydroxyl groups is 1. The van der Waals surface area contributed by atoms with Crippen molar-refractivity contribution in [2.75, 3.05) is 13.2 Å². The first-order valence-corrected chi connectivity index (χ1v) is 5.53. The molecule has 94 valence electrons. The molecule has 4 nitrogen and oxygen atoms in total. The smallest absolute Gasteiger partial charge is 0.315 e. The van der Waals surface area contributed by atoms with Crippen LogP contribution in [-0.4, -0.2) is 24.3 Å². The summed E-state index contributed by atoms with van der Waals surface area (Å²) in [6.07, 6.45) is 0. The van der Waals surface area contributed by atoms with Crippen molar-refractivity contribution in [1.82, 2.24) is 10.6 Å². The molecule has 0 aliphatic carbocycles. The molecule has 6 heteroatoms. The molecule has 0 saturated carbocycles. The molecular formula is C11H14ClFN2O2. The number of benzene rings is 1. The Bertz CT molecular complexity index is 381. The minimum absolute atomic E-state index is 0.142. The summed E-state index contributed by atoms with van der Waals surface area (Å²) in [5.41, 5.74) is 0.244. The molecule has 17 heavy (non-hydrogen) atoms. The zero-order valence-electron chi connectivity index (χ0n) is 9.34. The molecule has 0 aromatic heterocycles. The lowest BCUT2D eigenvalue weighted by molar-refractivity contribution is 0.231. The standard InChI is InChI=1S/C11H14ClFN2O2/c1-7(15-11(17)14-5-6-16)10-8(12)3-2-4-9(10)13/h2-4,7,16H,5-6H2,1H3,(H2,14,15,17). The molecule has 0 aliphatic heterocycles. The van der Waals surface area contributed by atoms with Gasteiger partial charge in [0.15, 0.2) is 0 Å². The number of rotatable bonds is 4. The highest BCUT2D eigenvalue weighted by atomic mass is 35.5. The Hall–Kier alpha value is -1.33. The number of urea groups is 1. The van der Waals surface area contributed by atoms with Crippen LogP contribution < -0.4 is 10.6 Å². The van der Waals surface area contributed by atoms with E-state index in [0.29, 0.717) is 0 Å². The number of nitrogens with one attached hydrogen (secondary N) is 2. The molecule has 0 spiro atoms. The predicted octanol–water partition coefficient (Wildman–Crippen LogP) is 1.83. The number of carbonyl (C=O) groups is 1. The Morgan fingerprint density at radius 3 is 2.88 bits per heavy atom. The summed E-state index contributed by atoms with van der Waals surface area (Å²) in [7, 11) is 0. The first-order valence-electron chi connectivity index (χ1n) is 5.15. The molecule has 1 aromatic rings. The highest BCUT2D eigenvalue weighted by Crippen LogP contribution is 2.25. The van der Waals surface area contributed by atoms with Crippen molar-refractivity contribution in [2.24, 2.45) is 0 Å². The van der Waals surface area contributed by atoms with Gasteiger partial charge >= 0.3 is 6.03 Å². The molecule has 2 amide bonds. The summed E-state index contributed by atoms with van der Waals surface area (Å²) >= 11 is 5.86. The zero-order chi connectivity index (χ0) is 12.8. The van der Waals surface area contributed by atoms with Crippen LogP contribution in [0.25, 0.3) is 0 Å². The van der Waals surface area contributed by atoms with E-state index in [9.17, 15) is 9.18 Å². The van der Waals surface area contributed by atoms with Crippen molar-refractivity contribution in [2.45, 2.75) is 13.0 Å². The van der Waals surface area contributed by atoms with Gasteiger partial charge in [0.25, 0.3) is 0 Å². The van der Waals surface area contributed by atoms with Gasteiger partial charge in [-0.05, 0) is 19.1 Å². The van der Waals surface area contributed by atoms with Gasteiger partial charge in [0.1, 0.15) is 5.82 Å². The fourth-order valence-corrected chi connectivity index (χ4v) is 1.74. The minimum Gasteiger partial charge on any atom is -0.395 e. The molecule has 0 fully saturated rings. The van der Waals surface area contributed by atoms with Gasteiger partial charge in [-0.3, -0.25) is 0 Å². The third kappa shape index (κ3) is 3.87. The van der Waals surface area contributed by atoms with E-state index in [1.54, 1.807) is 13.0 Å². The van der Waals surface area contributed by atoms with E-state index in [2.05, 4.69) is 10.6 Å². The van der Waals surface area contributed by atoms with Gasteiger partial charge in [-0.2, -0.15) is 0 Å². The molecule has 0 radical (unpaired) electrons. The molecule has 1 rings (SSSR count). The summed E-state index contributed by atoms with van der Waals surface area (Å²) in [4.78, 5) is 11.3. The van der Waals surface area contributed by atoms with Crippen LogP contribution in [-0.2, 0) is 0 Å². The molecule has 1 aromatic carbocycles. The van der Waals surface area contributed by atoms with Gasteiger partial charge in [0, 0.05) is 17.1 Å². The highest BCUT2D eigenvalue weighted by molar-refractivity contribution is 6.31. The van der Waals surface area contributed by atoms with Crippen molar-refractivity contribution in [1.29, 1.82) is 0 Å². The highest BCUT2D eigenvalue weighted by Gasteiger charge is 2.16. The Balaban J connectivity index is 2.69. The average molecular weight is 261 g/mol. The first kappa shape index (κ1) is 13.7. The topological polar surface area (TPSA) is 61.4 Å². The van der Waals surface area contributed by atoms with E-state index in [4.69, 9.17) is 16.7 Å². The predicted molar refractivity (Wildman–Crippen MR) is 63.4 cm³/mol. The summed E-state index contributed by atoms with van der Waals surface area (Å²) < 4.78 is 13.5. The van der Waals surface area contributed by atoms with E-state index in [1.807, 2.05) is 0 Å². The zero-order valence-corrected chi connectivity index (χ0v) is 10.1. The van der Waals surface area contributed by atoms with Gasteiger partial charge in [-0.15, -0.1) is 0 Å². The van der Waals surface area contributed by atoms with Gasteiger partial charge in [0.05, 0.1) is 12.6 Å². The summed E-state index contributed by atoms with van der Waals surface area (Å²) in [6.45, 7) is 1.62. The Morgan fingerprint density at radius 1 is 1.59 bits per heavy atom. The molecule has 3 N–H and O–H groups in total. The van der Waals surface area contributed by atoms with Crippen molar-refractivity contribution in [3.05, 3.63) is 34.6 Å². The van der Waals surface area contributed by atoms with Crippen LogP contribution in [0.4, 0.5) is 9.18 Å². The van der Waals surface area contributed by atoms with Crippen LogP contribution in [0.1, 0.15) is 18.5 Å². The number of halogens is 2. The van der Waals surface area contributed by atoms with Crippen LogP contribution in [0.15, 0.2) is 18.2 Å². The number of amides is 2. The van der Waals surface area contributed by atoms with Crippen LogP contribution in [0.3, 0.4) is 0 Å². The summed E-state index contributed by atoms with van der Waals surface area (Å²) in [5, 5.41) is 13.7. The van der Waals surface area contributed by atoms with E-state index in [0.717, 1.165) is 0 Å². The molecular weight excluding hydrogens is 247 g/mol. The second-order valence-corrected chi connectivity index (χ2v) is 3.89. The molecule has 0 aliphatic rings. The second kappa shape index (κ2) is 6.42. The van der Waals surface area contributed by atoms with Gasteiger partial charge in [0.2, 0.25) is 0 Å². The third-order valence-corrected chi connectivity index (χ3v) is 2.51. The molecule has 0 heterocycles. The second-order valence-electron chi connectivity index (χ2n) is 3.48. The number of carbonyl (C=O) groups excluding carboxylic acids is 1. The normalized spacial score (nSPS) is 12.0. The maximum absolute atomic E-state index is 13.5. The Kier molecular flexibility index (Phi) is 5.18. The van der Waals surface area contributed by atoms with Gasteiger partial charge < -0.3 is 15.7 Å². The fraction of sp³-hybridized carbons (Fsp3) is 0.364. The van der Waals surface area contributed by atoms with Gasteiger partial charge in [-0.25, -0.2) is 9.18 Å². The SMILES string of the molecule is CC(NC(=O)NCCO)c1c(F)cccc1Cl. The maximum atomic E-state index is 13.5. The fourth-order valence-electron chi connectivity index (χ4n) is 1.41. The van der Waals surface area contributed by atoms with Crippen molar-refractivity contribution in [3.63, 3.8) is 0 Å². The van der Waals surface area contributed by atoms with Crippen molar-refractivity contribution < 1.29 is 14.3 Å². The van der Waals surface area contributed by atoms with Gasteiger partial charge in [-0.1, -0.05) is 17.7 Å². The third-order valence-electron chi connectivity index (χ3n) is 2.18. The van der Waals surface area contributed by atoms with Crippen LogP contribution in [0.2, 0.25) is 5.02 Å². The van der Waals surface area contributed by atoms with E-state index < -0.39 is 17.9 Å². The number of aliphatic hydroxyl groups excluding tert-OH is 1. The van der Waals surface area contributed by atoms with Crippen molar-refractivity contribution >= 4 is 17.6 Å². The first-order chi connectivity index (χ1) is 8.06. The lowest BCUT2D eigenvalue weighted by Crippen LogP contribution is -2.38. The van der Waals surface area contributed by atoms with Crippen LogP contribution in [0.5, 0.6) is 0 Å². The number of hydrogen-bond donors (Lipinski definition) is 3. The Morgan fingerprint density at radius 2 is 2.29 bits per heavy atom. The monoisotopic (exact) mass is 260 g/mol. The van der Waals surface area contributed by atoms with Crippen molar-refractivity contribution in [3.8, 4) is 0 Å². The Labute approximate surface area is 104 Å². The average Bonchev–Trinajstić information content (AvgIpc) is 2.26. The quantitative estimate of drug-likeness (QED) is 0.774. The van der Waals surface area contributed by atoms with Crippen LogP contribution in [0, 0.1) is 5.82 Å². The van der Waals surface area contributed by atoms with E-state index >= 15 is 0 Å². The minimum atomic E-state index is -0.553. The lowest BCUT2D eigenvalue weighted by Gasteiger charge is -2.16. The summed E-state index contributed by atoms with van der Waals surface area (Å²) in [5.74, 6) is -0.465. The molecule has 0 saturated heterocycles. The van der Waals surface area contributed by atoms with Crippen LogP contribution >= 0.6 is 11.6 Å². The lowest BCUT2D eigenvalue weighted by atomic mass is 10.1. The van der Waals surface area contributed by atoms with E-state index in [1.165, 1.54) is 12.1 Å². The summed E-state index contributed by atoms with van der Waals surface area (Å²) in [6, 6.07) is 3.31. The largest absolute Gasteiger partial charge is 0.395 e. The number of hydrogen-bond acceptors (Lipinski definition) is 2. The molecule has 0 bridgehead atoms. The molecule has 1 unspecified atom stereocenters.